The zero-order valence-electron chi connectivity index (χ0n) is 10.3. The zero-order chi connectivity index (χ0) is 11.5. The largest absolute Gasteiger partial charge is 0.373 e. The van der Waals surface area contributed by atoms with E-state index in [2.05, 4.69) is 32.2 Å². The number of nitrogens with zero attached hydrogens (tertiary/aromatic N) is 1. The summed E-state index contributed by atoms with van der Waals surface area (Å²) in [5.74, 6) is 0. The van der Waals surface area contributed by atoms with Gasteiger partial charge in [0.05, 0.1) is 17.8 Å². The highest BCUT2D eigenvalue weighted by atomic mass is 16.5. The van der Waals surface area contributed by atoms with Crippen LogP contribution in [0.4, 0.5) is 0 Å². The maximum atomic E-state index is 9.19. The van der Waals surface area contributed by atoms with Crippen LogP contribution in [0.25, 0.3) is 0 Å². The van der Waals surface area contributed by atoms with Crippen molar-refractivity contribution in [1.82, 2.24) is 5.32 Å². The summed E-state index contributed by atoms with van der Waals surface area (Å²) >= 11 is 0. The number of ether oxygens (including phenoxy) is 1. The lowest BCUT2D eigenvalue weighted by Gasteiger charge is -2.38. The molecule has 3 heteroatoms. The second-order valence-electron chi connectivity index (χ2n) is 5.39. The van der Waals surface area contributed by atoms with Crippen LogP contribution in [-0.2, 0) is 4.74 Å². The summed E-state index contributed by atoms with van der Waals surface area (Å²) in [5, 5.41) is 12.3. The third kappa shape index (κ3) is 3.48. The monoisotopic (exact) mass is 210 g/mol. The van der Waals surface area contributed by atoms with Gasteiger partial charge in [-0.1, -0.05) is 0 Å². The van der Waals surface area contributed by atoms with Gasteiger partial charge in [0.25, 0.3) is 0 Å². The highest BCUT2D eigenvalue weighted by Gasteiger charge is 2.36. The van der Waals surface area contributed by atoms with Gasteiger partial charge in [-0.2, -0.15) is 5.26 Å². The van der Waals surface area contributed by atoms with E-state index in [0.717, 1.165) is 25.7 Å². The SMILES string of the molecule is CNC1(C#N)CCCC(OC(C)(C)C)C1. The Morgan fingerprint density at radius 3 is 2.60 bits per heavy atom. The highest BCUT2D eigenvalue weighted by molar-refractivity contribution is 5.09. The Hall–Kier alpha value is -0.590. The first-order chi connectivity index (χ1) is 6.91. The van der Waals surface area contributed by atoms with Crippen molar-refractivity contribution in [2.24, 2.45) is 0 Å². The number of nitriles is 1. The van der Waals surface area contributed by atoms with Crippen molar-refractivity contribution < 1.29 is 4.74 Å². The lowest BCUT2D eigenvalue weighted by Crippen LogP contribution is -2.48. The van der Waals surface area contributed by atoms with Gasteiger partial charge in [-0.25, -0.2) is 0 Å². The Morgan fingerprint density at radius 2 is 2.13 bits per heavy atom. The fourth-order valence-corrected chi connectivity index (χ4v) is 2.21. The molecule has 0 aromatic rings. The molecule has 1 saturated carbocycles. The summed E-state index contributed by atoms with van der Waals surface area (Å²) in [6.45, 7) is 6.19. The second-order valence-corrected chi connectivity index (χ2v) is 5.39. The predicted molar refractivity (Wildman–Crippen MR) is 60.5 cm³/mol. The van der Waals surface area contributed by atoms with E-state index >= 15 is 0 Å². The van der Waals surface area contributed by atoms with Crippen molar-refractivity contribution in [3.63, 3.8) is 0 Å². The van der Waals surface area contributed by atoms with Gasteiger partial charge < -0.3 is 10.1 Å². The van der Waals surface area contributed by atoms with Gasteiger partial charge >= 0.3 is 0 Å². The molecule has 3 nitrogen and oxygen atoms in total. The number of nitrogens with one attached hydrogen (secondary N) is 1. The summed E-state index contributed by atoms with van der Waals surface area (Å²) in [4.78, 5) is 0. The molecule has 0 bridgehead atoms. The molecular weight excluding hydrogens is 188 g/mol. The van der Waals surface area contributed by atoms with Crippen LogP contribution in [0.5, 0.6) is 0 Å². The van der Waals surface area contributed by atoms with Crippen LogP contribution in [0.15, 0.2) is 0 Å². The normalized spacial score (nSPS) is 32.3. The summed E-state index contributed by atoms with van der Waals surface area (Å²) < 4.78 is 5.95. The molecule has 1 fully saturated rings. The molecule has 86 valence electrons. The van der Waals surface area contributed by atoms with Crippen molar-refractivity contribution in [1.29, 1.82) is 5.26 Å². The molecule has 0 aromatic heterocycles. The van der Waals surface area contributed by atoms with Crippen LogP contribution < -0.4 is 5.32 Å². The highest BCUT2D eigenvalue weighted by Crippen LogP contribution is 2.31. The molecule has 0 heterocycles. The molecule has 0 radical (unpaired) electrons. The smallest absolute Gasteiger partial charge is 0.109 e. The molecule has 2 atom stereocenters. The summed E-state index contributed by atoms with van der Waals surface area (Å²) in [7, 11) is 1.86. The van der Waals surface area contributed by atoms with Crippen molar-refractivity contribution in [3.05, 3.63) is 0 Å². The van der Waals surface area contributed by atoms with Crippen molar-refractivity contribution in [3.8, 4) is 6.07 Å². The molecule has 2 unspecified atom stereocenters. The summed E-state index contributed by atoms with van der Waals surface area (Å²) in [5.41, 5.74) is -0.481. The second kappa shape index (κ2) is 4.51. The van der Waals surface area contributed by atoms with Crippen molar-refractivity contribution >= 4 is 0 Å². The van der Waals surface area contributed by atoms with Gasteiger partial charge in [0, 0.05) is 6.42 Å². The number of hydrogen-bond acceptors (Lipinski definition) is 3. The van der Waals surface area contributed by atoms with Crippen LogP contribution in [-0.4, -0.2) is 24.3 Å². The van der Waals surface area contributed by atoms with Crippen LogP contribution in [0.3, 0.4) is 0 Å². The zero-order valence-corrected chi connectivity index (χ0v) is 10.3. The predicted octanol–water partition coefficient (Wildman–Crippen LogP) is 2.23. The first-order valence-corrected chi connectivity index (χ1v) is 5.69. The first-order valence-electron chi connectivity index (χ1n) is 5.69. The molecule has 1 aliphatic rings. The molecule has 1 rings (SSSR count). The van der Waals surface area contributed by atoms with E-state index in [1.807, 2.05) is 7.05 Å². The Morgan fingerprint density at radius 1 is 1.47 bits per heavy atom. The minimum atomic E-state index is -0.367. The van der Waals surface area contributed by atoms with Crippen molar-refractivity contribution in [2.45, 2.75) is 63.7 Å². The Bertz CT molecular complexity index is 251. The standard InChI is InChI=1S/C12H22N2O/c1-11(2,3)15-10-6-5-7-12(8-10,9-13)14-4/h10,14H,5-8H2,1-4H3. The first kappa shape index (κ1) is 12.5. The minimum Gasteiger partial charge on any atom is -0.373 e. The van der Waals surface area contributed by atoms with E-state index in [1.54, 1.807) is 0 Å². The molecule has 0 spiro atoms. The minimum absolute atomic E-state index is 0.114. The molecule has 1 aliphatic carbocycles. The quantitative estimate of drug-likeness (QED) is 0.760. The fourth-order valence-electron chi connectivity index (χ4n) is 2.21. The van der Waals surface area contributed by atoms with Crippen molar-refractivity contribution in [2.75, 3.05) is 7.05 Å². The van der Waals surface area contributed by atoms with Gasteiger partial charge in [-0.3, -0.25) is 0 Å². The van der Waals surface area contributed by atoms with E-state index < -0.39 is 0 Å². The van der Waals surface area contributed by atoms with Gasteiger partial charge in [0.15, 0.2) is 0 Å². The van der Waals surface area contributed by atoms with E-state index in [9.17, 15) is 5.26 Å². The third-order valence-corrected chi connectivity index (χ3v) is 2.92. The van der Waals surface area contributed by atoms with E-state index in [4.69, 9.17) is 4.74 Å². The lowest BCUT2D eigenvalue weighted by atomic mass is 9.81. The average molecular weight is 210 g/mol. The van der Waals surface area contributed by atoms with Gasteiger partial charge in [-0.15, -0.1) is 0 Å². The maximum absolute atomic E-state index is 9.19. The summed E-state index contributed by atoms with van der Waals surface area (Å²) in [6, 6.07) is 2.39. The molecule has 0 saturated heterocycles. The average Bonchev–Trinajstić information content (AvgIpc) is 2.15. The molecule has 15 heavy (non-hydrogen) atoms. The van der Waals surface area contributed by atoms with Gasteiger partial charge in [0.2, 0.25) is 0 Å². The number of hydrogen-bond donors (Lipinski definition) is 1. The number of rotatable bonds is 2. The van der Waals surface area contributed by atoms with E-state index in [0.29, 0.717) is 0 Å². The topological polar surface area (TPSA) is 45.0 Å². The maximum Gasteiger partial charge on any atom is 0.109 e. The molecule has 1 N–H and O–H groups in total. The van der Waals surface area contributed by atoms with Gasteiger partial charge in [0.1, 0.15) is 5.54 Å². The van der Waals surface area contributed by atoms with Gasteiger partial charge in [-0.05, 0) is 47.1 Å². The van der Waals surface area contributed by atoms with E-state index in [-0.39, 0.29) is 17.2 Å². The van der Waals surface area contributed by atoms with Crippen LogP contribution in [0.2, 0.25) is 0 Å². The van der Waals surface area contributed by atoms with E-state index in [1.165, 1.54) is 0 Å². The third-order valence-electron chi connectivity index (χ3n) is 2.92. The molecular formula is C12H22N2O. The molecule has 0 aromatic carbocycles. The Balaban J connectivity index is 2.60. The summed E-state index contributed by atoms with van der Waals surface area (Å²) in [6.07, 6.45) is 4.09. The van der Waals surface area contributed by atoms with Crippen LogP contribution >= 0.6 is 0 Å². The van der Waals surface area contributed by atoms with Crippen LogP contribution in [0.1, 0.15) is 46.5 Å². The fraction of sp³-hybridized carbons (Fsp3) is 0.917. The van der Waals surface area contributed by atoms with Crippen LogP contribution in [0, 0.1) is 11.3 Å². The molecule has 0 amide bonds. The Kier molecular flexibility index (Phi) is 3.75. The lowest BCUT2D eigenvalue weighted by molar-refractivity contribution is -0.0823. The Labute approximate surface area is 92.8 Å². The molecule has 0 aliphatic heterocycles.